The molecular formula is C13H18N4O2S2. The Morgan fingerprint density at radius 2 is 2.10 bits per heavy atom. The average molecular weight is 326 g/mol. The Bertz CT molecular complexity index is 738. The molecule has 0 atom stereocenters. The number of nitrogens with zero attached hydrogens (tertiary/aromatic N) is 2. The van der Waals surface area contributed by atoms with Gasteiger partial charge in [0.2, 0.25) is 10.0 Å². The minimum atomic E-state index is -3.46. The summed E-state index contributed by atoms with van der Waals surface area (Å²) in [4.78, 5) is 5.58. The first-order valence-electron chi connectivity index (χ1n) is 6.28. The van der Waals surface area contributed by atoms with Crippen molar-refractivity contribution in [3.63, 3.8) is 0 Å². The lowest BCUT2D eigenvalue weighted by atomic mass is 10.2. The standard InChI is InChI=1S/C13H18N4O2S2/c1-9-7-16-13(20-9)8-15-12-5-4-10(6-11(12)14)21(18,19)17(2)3/h4-7,15H,8,14H2,1-3H3. The van der Waals surface area contributed by atoms with Crippen LogP contribution in [0.1, 0.15) is 9.88 Å². The zero-order valence-corrected chi connectivity index (χ0v) is 13.8. The van der Waals surface area contributed by atoms with Crippen molar-refractivity contribution >= 4 is 32.7 Å². The van der Waals surface area contributed by atoms with E-state index in [1.165, 1.54) is 20.2 Å². The summed E-state index contributed by atoms with van der Waals surface area (Å²) in [5, 5.41) is 4.12. The quantitative estimate of drug-likeness (QED) is 0.819. The molecule has 0 bridgehead atoms. The van der Waals surface area contributed by atoms with Crippen LogP contribution in [0.4, 0.5) is 11.4 Å². The first-order valence-corrected chi connectivity index (χ1v) is 8.53. The number of sulfonamides is 1. The van der Waals surface area contributed by atoms with Crippen molar-refractivity contribution in [3.8, 4) is 0 Å². The number of nitrogens with one attached hydrogen (secondary N) is 1. The summed E-state index contributed by atoms with van der Waals surface area (Å²) >= 11 is 1.61. The maximum atomic E-state index is 12.0. The van der Waals surface area contributed by atoms with Gasteiger partial charge in [-0.1, -0.05) is 0 Å². The fourth-order valence-electron chi connectivity index (χ4n) is 1.73. The van der Waals surface area contributed by atoms with E-state index in [0.29, 0.717) is 17.9 Å². The highest BCUT2D eigenvalue weighted by Gasteiger charge is 2.18. The minimum Gasteiger partial charge on any atom is -0.397 e. The highest BCUT2D eigenvalue weighted by Crippen LogP contribution is 2.25. The van der Waals surface area contributed by atoms with Crippen LogP contribution in [-0.4, -0.2) is 31.8 Å². The van der Waals surface area contributed by atoms with Crippen LogP contribution < -0.4 is 11.1 Å². The van der Waals surface area contributed by atoms with Gasteiger partial charge in [-0.25, -0.2) is 17.7 Å². The predicted molar refractivity (Wildman–Crippen MR) is 85.9 cm³/mol. The summed E-state index contributed by atoms with van der Waals surface area (Å²) in [6.45, 7) is 2.55. The van der Waals surface area contributed by atoms with Crippen molar-refractivity contribution < 1.29 is 8.42 Å². The molecule has 8 heteroatoms. The van der Waals surface area contributed by atoms with Gasteiger partial charge in [0.05, 0.1) is 22.8 Å². The summed E-state index contributed by atoms with van der Waals surface area (Å²) in [6, 6.07) is 4.68. The van der Waals surface area contributed by atoms with E-state index in [4.69, 9.17) is 5.73 Å². The first-order chi connectivity index (χ1) is 9.80. The molecule has 0 saturated heterocycles. The first kappa shape index (κ1) is 15.7. The van der Waals surface area contributed by atoms with Gasteiger partial charge >= 0.3 is 0 Å². The van der Waals surface area contributed by atoms with Gasteiger partial charge in [-0.2, -0.15) is 0 Å². The van der Waals surface area contributed by atoms with Crippen LogP contribution in [-0.2, 0) is 16.6 Å². The number of aromatic nitrogens is 1. The number of anilines is 2. The molecule has 0 unspecified atom stereocenters. The maximum absolute atomic E-state index is 12.0. The van der Waals surface area contributed by atoms with Crippen molar-refractivity contribution in [3.05, 3.63) is 34.3 Å². The van der Waals surface area contributed by atoms with Crippen molar-refractivity contribution in [1.29, 1.82) is 0 Å². The second-order valence-electron chi connectivity index (χ2n) is 4.75. The second kappa shape index (κ2) is 6.00. The highest BCUT2D eigenvalue weighted by atomic mass is 32.2. The molecule has 0 fully saturated rings. The smallest absolute Gasteiger partial charge is 0.242 e. The number of aryl methyl sites for hydroxylation is 1. The fraction of sp³-hybridized carbons (Fsp3) is 0.308. The molecule has 3 N–H and O–H groups in total. The van der Waals surface area contributed by atoms with Gasteiger partial charge in [0.1, 0.15) is 5.01 Å². The van der Waals surface area contributed by atoms with E-state index < -0.39 is 10.0 Å². The zero-order valence-electron chi connectivity index (χ0n) is 12.1. The largest absolute Gasteiger partial charge is 0.397 e. The van der Waals surface area contributed by atoms with E-state index in [-0.39, 0.29) is 4.90 Å². The Kier molecular flexibility index (Phi) is 4.50. The van der Waals surface area contributed by atoms with Crippen LogP contribution in [0.3, 0.4) is 0 Å². The number of rotatable bonds is 5. The van der Waals surface area contributed by atoms with Crippen molar-refractivity contribution in [1.82, 2.24) is 9.29 Å². The Balaban J connectivity index is 2.16. The third-order valence-electron chi connectivity index (χ3n) is 2.90. The van der Waals surface area contributed by atoms with Gasteiger partial charge in [-0.15, -0.1) is 11.3 Å². The van der Waals surface area contributed by atoms with E-state index in [1.54, 1.807) is 23.5 Å². The summed E-state index contributed by atoms with van der Waals surface area (Å²) in [5.41, 5.74) is 7.01. The fourth-order valence-corrected chi connectivity index (χ4v) is 3.39. The molecule has 1 heterocycles. The monoisotopic (exact) mass is 326 g/mol. The molecule has 0 aliphatic rings. The molecule has 21 heavy (non-hydrogen) atoms. The molecule has 2 rings (SSSR count). The van der Waals surface area contributed by atoms with Gasteiger partial charge in [0, 0.05) is 25.2 Å². The number of thiazole rings is 1. The van der Waals surface area contributed by atoms with E-state index in [9.17, 15) is 8.42 Å². The molecule has 1 aromatic carbocycles. The van der Waals surface area contributed by atoms with Gasteiger partial charge in [-0.3, -0.25) is 0 Å². The Labute approximate surface area is 128 Å². The van der Waals surface area contributed by atoms with Crippen LogP contribution >= 0.6 is 11.3 Å². The molecule has 114 valence electrons. The maximum Gasteiger partial charge on any atom is 0.242 e. The lowest BCUT2D eigenvalue weighted by Gasteiger charge is -2.14. The molecule has 0 spiro atoms. The molecule has 6 nitrogen and oxygen atoms in total. The van der Waals surface area contributed by atoms with Gasteiger partial charge in [0.15, 0.2) is 0 Å². The lowest BCUT2D eigenvalue weighted by molar-refractivity contribution is 0.521. The van der Waals surface area contributed by atoms with Crippen LogP contribution in [0.25, 0.3) is 0 Å². The number of nitrogen functional groups attached to an aromatic ring is 1. The number of hydrogen-bond donors (Lipinski definition) is 2. The Hall–Kier alpha value is -1.64. The summed E-state index contributed by atoms with van der Waals surface area (Å²) in [5.74, 6) is 0. The number of hydrogen-bond acceptors (Lipinski definition) is 6. The van der Waals surface area contributed by atoms with Crippen LogP contribution in [0.2, 0.25) is 0 Å². The molecular weight excluding hydrogens is 308 g/mol. The summed E-state index contributed by atoms with van der Waals surface area (Å²) in [6.07, 6.45) is 1.82. The topological polar surface area (TPSA) is 88.3 Å². The van der Waals surface area contributed by atoms with Gasteiger partial charge in [-0.05, 0) is 25.1 Å². The normalized spacial score (nSPS) is 11.8. The van der Waals surface area contributed by atoms with Gasteiger partial charge in [0.25, 0.3) is 0 Å². The molecule has 0 aliphatic heterocycles. The van der Waals surface area contributed by atoms with Crippen LogP contribution in [0.15, 0.2) is 29.3 Å². The number of benzene rings is 1. The predicted octanol–water partition coefficient (Wildman–Crippen LogP) is 1.90. The Morgan fingerprint density at radius 1 is 1.38 bits per heavy atom. The second-order valence-corrected chi connectivity index (χ2v) is 8.23. The van der Waals surface area contributed by atoms with E-state index in [0.717, 1.165) is 14.2 Å². The zero-order chi connectivity index (χ0) is 15.6. The summed E-state index contributed by atoms with van der Waals surface area (Å²) in [7, 11) is -0.488. The Morgan fingerprint density at radius 3 is 2.62 bits per heavy atom. The summed E-state index contributed by atoms with van der Waals surface area (Å²) < 4.78 is 25.2. The highest BCUT2D eigenvalue weighted by molar-refractivity contribution is 7.89. The molecule has 0 saturated carbocycles. The minimum absolute atomic E-state index is 0.181. The lowest BCUT2D eigenvalue weighted by Crippen LogP contribution is -2.22. The molecule has 0 amide bonds. The average Bonchev–Trinajstić information content (AvgIpc) is 2.82. The molecule has 0 aliphatic carbocycles. The third kappa shape index (κ3) is 3.52. The van der Waals surface area contributed by atoms with E-state index in [1.807, 2.05) is 13.1 Å². The SMILES string of the molecule is Cc1cnc(CNc2ccc(S(=O)(=O)N(C)C)cc2N)s1. The molecule has 2 aromatic rings. The van der Waals surface area contributed by atoms with Crippen molar-refractivity contribution in [2.75, 3.05) is 25.1 Å². The third-order valence-corrected chi connectivity index (χ3v) is 5.62. The van der Waals surface area contributed by atoms with Crippen molar-refractivity contribution in [2.24, 2.45) is 0 Å². The van der Waals surface area contributed by atoms with Gasteiger partial charge < -0.3 is 11.1 Å². The molecule has 1 aromatic heterocycles. The van der Waals surface area contributed by atoms with E-state index in [2.05, 4.69) is 10.3 Å². The number of nitrogens with two attached hydrogens (primary N) is 1. The van der Waals surface area contributed by atoms with Crippen molar-refractivity contribution in [2.45, 2.75) is 18.4 Å². The van der Waals surface area contributed by atoms with Crippen LogP contribution in [0, 0.1) is 6.92 Å². The van der Waals surface area contributed by atoms with E-state index >= 15 is 0 Å². The molecule has 0 radical (unpaired) electrons. The van der Waals surface area contributed by atoms with Crippen LogP contribution in [0.5, 0.6) is 0 Å².